The lowest BCUT2D eigenvalue weighted by Gasteiger charge is -2.17. The summed E-state index contributed by atoms with van der Waals surface area (Å²) >= 11 is 0. The maximum absolute atomic E-state index is 13.8. The number of halogens is 6. The van der Waals surface area contributed by atoms with E-state index < -0.39 is 46.8 Å². The molecule has 0 saturated carbocycles. The molecule has 1 heterocycles. The minimum absolute atomic E-state index is 0.282. The lowest BCUT2D eigenvalue weighted by Crippen LogP contribution is -2.29. The van der Waals surface area contributed by atoms with Gasteiger partial charge in [0.1, 0.15) is 5.75 Å². The summed E-state index contributed by atoms with van der Waals surface area (Å²) in [6, 6.07) is 9.27. The van der Waals surface area contributed by atoms with Crippen molar-refractivity contribution in [2.24, 2.45) is 0 Å². The SMILES string of the molecule is CCOc1cccc([C@H](C)NC(=O)c2cnn(-c3cccc(C(F)(F)F)c3)c2C(F)(F)F)c1. The summed E-state index contributed by atoms with van der Waals surface area (Å²) in [5.41, 5.74) is -3.32. The van der Waals surface area contributed by atoms with Gasteiger partial charge in [-0.25, -0.2) is 4.68 Å². The van der Waals surface area contributed by atoms with Gasteiger partial charge < -0.3 is 10.1 Å². The summed E-state index contributed by atoms with van der Waals surface area (Å²) in [5.74, 6) is -0.542. The van der Waals surface area contributed by atoms with Gasteiger partial charge in [0.25, 0.3) is 5.91 Å². The quantitative estimate of drug-likeness (QED) is 0.463. The largest absolute Gasteiger partial charge is 0.494 e. The molecule has 0 aliphatic rings. The smallest absolute Gasteiger partial charge is 0.434 e. The van der Waals surface area contributed by atoms with Crippen molar-refractivity contribution in [3.8, 4) is 11.4 Å². The standard InChI is InChI=1S/C22H19F6N3O2/c1-3-33-17-9-4-6-14(10-17)13(2)30-20(32)18-12-29-31(19(18)22(26,27)28)16-8-5-7-15(11-16)21(23,24)25/h4-13H,3H2,1-2H3,(H,30,32)/t13-/m0/s1. The van der Waals surface area contributed by atoms with E-state index in [0.717, 1.165) is 18.2 Å². The average molecular weight is 471 g/mol. The number of carbonyl (C=O) groups is 1. The fraction of sp³-hybridized carbons (Fsp3) is 0.273. The van der Waals surface area contributed by atoms with E-state index in [1.54, 1.807) is 38.1 Å². The van der Waals surface area contributed by atoms with Crippen molar-refractivity contribution in [2.45, 2.75) is 32.2 Å². The molecule has 1 amide bonds. The number of nitrogens with one attached hydrogen (secondary N) is 1. The molecule has 0 fully saturated rings. The normalized spacial score (nSPS) is 13.0. The van der Waals surface area contributed by atoms with Crippen LogP contribution in [0.15, 0.2) is 54.7 Å². The summed E-state index contributed by atoms with van der Waals surface area (Å²) in [6.07, 6.45) is -9.13. The van der Waals surface area contributed by atoms with Gasteiger partial charge in [-0.1, -0.05) is 18.2 Å². The lowest BCUT2D eigenvalue weighted by molar-refractivity contribution is -0.143. The second-order valence-electron chi connectivity index (χ2n) is 7.07. The van der Waals surface area contributed by atoms with Crippen LogP contribution in [-0.2, 0) is 12.4 Å². The van der Waals surface area contributed by atoms with E-state index in [2.05, 4.69) is 10.4 Å². The number of aromatic nitrogens is 2. The zero-order valence-corrected chi connectivity index (χ0v) is 17.5. The highest BCUT2D eigenvalue weighted by Gasteiger charge is 2.41. The first-order valence-electron chi connectivity index (χ1n) is 9.78. The van der Waals surface area contributed by atoms with Crippen molar-refractivity contribution in [3.05, 3.63) is 77.1 Å². The molecule has 176 valence electrons. The van der Waals surface area contributed by atoms with Crippen molar-refractivity contribution >= 4 is 5.91 Å². The number of rotatable bonds is 6. The third-order valence-corrected chi connectivity index (χ3v) is 4.72. The molecule has 0 saturated heterocycles. The van der Waals surface area contributed by atoms with E-state index >= 15 is 0 Å². The number of nitrogens with zero attached hydrogens (tertiary/aromatic N) is 2. The number of alkyl halides is 6. The van der Waals surface area contributed by atoms with Crippen molar-refractivity contribution < 1.29 is 35.9 Å². The van der Waals surface area contributed by atoms with Gasteiger partial charge in [-0.05, 0) is 49.7 Å². The molecule has 33 heavy (non-hydrogen) atoms. The van der Waals surface area contributed by atoms with E-state index in [-0.39, 0.29) is 4.68 Å². The number of hydrogen-bond donors (Lipinski definition) is 1. The van der Waals surface area contributed by atoms with E-state index in [9.17, 15) is 31.1 Å². The summed E-state index contributed by atoms with van der Waals surface area (Å²) in [7, 11) is 0. The summed E-state index contributed by atoms with van der Waals surface area (Å²) in [4.78, 5) is 12.7. The van der Waals surface area contributed by atoms with Crippen LogP contribution in [0.2, 0.25) is 0 Å². The second kappa shape index (κ2) is 9.16. The molecule has 11 heteroatoms. The number of ether oxygens (including phenoxy) is 1. The predicted octanol–water partition coefficient (Wildman–Crippen LogP) is 5.80. The van der Waals surface area contributed by atoms with E-state index in [4.69, 9.17) is 4.74 Å². The number of hydrogen-bond acceptors (Lipinski definition) is 3. The maximum Gasteiger partial charge on any atom is 0.434 e. The van der Waals surface area contributed by atoms with Crippen molar-refractivity contribution in [3.63, 3.8) is 0 Å². The van der Waals surface area contributed by atoms with E-state index in [1.165, 1.54) is 0 Å². The summed E-state index contributed by atoms with van der Waals surface area (Å²) < 4.78 is 86.2. The molecule has 0 aliphatic heterocycles. The van der Waals surface area contributed by atoms with Crippen LogP contribution in [0.1, 0.15) is 47.1 Å². The average Bonchev–Trinajstić information content (AvgIpc) is 3.20. The van der Waals surface area contributed by atoms with Crippen LogP contribution in [0.4, 0.5) is 26.3 Å². The Kier molecular flexibility index (Phi) is 6.71. The summed E-state index contributed by atoms with van der Waals surface area (Å²) in [6.45, 7) is 3.78. The molecule has 0 bridgehead atoms. The zero-order valence-electron chi connectivity index (χ0n) is 17.5. The Morgan fingerprint density at radius 3 is 2.39 bits per heavy atom. The Labute approximate surface area is 185 Å². The highest BCUT2D eigenvalue weighted by molar-refractivity contribution is 5.95. The van der Waals surface area contributed by atoms with Crippen molar-refractivity contribution in [1.29, 1.82) is 0 Å². The van der Waals surface area contributed by atoms with E-state index in [0.29, 0.717) is 30.2 Å². The molecule has 0 radical (unpaired) electrons. The maximum atomic E-state index is 13.8. The fourth-order valence-corrected chi connectivity index (χ4v) is 3.20. The lowest BCUT2D eigenvalue weighted by atomic mass is 10.1. The number of carbonyl (C=O) groups excluding carboxylic acids is 1. The van der Waals surface area contributed by atoms with Crippen LogP contribution >= 0.6 is 0 Å². The molecule has 0 spiro atoms. The molecule has 5 nitrogen and oxygen atoms in total. The Morgan fingerprint density at radius 1 is 1.06 bits per heavy atom. The van der Waals surface area contributed by atoms with Crippen LogP contribution in [-0.4, -0.2) is 22.3 Å². The van der Waals surface area contributed by atoms with Crippen molar-refractivity contribution in [1.82, 2.24) is 15.1 Å². The highest BCUT2D eigenvalue weighted by atomic mass is 19.4. The second-order valence-corrected chi connectivity index (χ2v) is 7.07. The molecule has 0 unspecified atom stereocenters. The van der Waals surface area contributed by atoms with E-state index in [1.807, 2.05) is 0 Å². The Morgan fingerprint density at radius 2 is 1.76 bits per heavy atom. The third-order valence-electron chi connectivity index (χ3n) is 4.72. The van der Waals surface area contributed by atoms with Gasteiger partial charge in [0.2, 0.25) is 0 Å². The van der Waals surface area contributed by atoms with Crippen LogP contribution in [0.5, 0.6) is 5.75 Å². The molecular formula is C22H19F6N3O2. The van der Waals surface area contributed by atoms with Crippen LogP contribution in [0.25, 0.3) is 5.69 Å². The third kappa shape index (κ3) is 5.47. The predicted molar refractivity (Wildman–Crippen MR) is 107 cm³/mol. The highest BCUT2D eigenvalue weighted by Crippen LogP contribution is 2.35. The molecule has 1 N–H and O–H groups in total. The minimum Gasteiger partial charge on any atom is -0.494 e. The minimum atomic E-state index is -5.06. The molecule has 3 aromatic rings. The Balaban J connectivity index is 1.95. The Bertz CT molecular complexity index is 1140. The van der Waals surface area contributed by atoms with Crippen LogP contribution < -0.4 is 10.1 Å². The fourth-order valence-electron chi connectivity index (χ4n) is 3.20. The molecular weight excluding hydrogens is 452 g/mol. The van der Waals surface area contributed by atoms with Gasteiger partial charge in [-0.3, -0.25) is 4.79 Å². The van der Waals surface area contributed by atoms with Gasteiger partial charge in [0.05, 0.1) is 35.7 Å². The van der Waals surface area contributed by atoms with Gasteiger partial charge >= 0.3 is 12.4 Å². The van der Waals surface area contributed by atoms with Crippen molar-refractivity contribution in [2.75, 3.05) is 6.61 Å². The Hall–Kier alpha value is -3.50. The van der Waals surface area contributed by atoms with Crippen LogP contribution in [0.3, 0.4) is 0 Å². The zero-order chi connectivity index (χ0) is 24.4. The van der Waals surface area contributed by atoms with Gasteiger partial charge in [0, 0.05) is 0 Å². The molecule has 1 atom stereocenters. The monoisotopic (exact) mass is 471 g/mol. The van der Waals surface area contributed by atoms with Gasteiger partial charge in [0.15, 0.2) is 5.69 Å². The number of amides is 1. The molecule has 3 rings (SSSR count). The summed E-state index contributed by atoms with van der Waals surface area (Å²) in [5, 5.41) is 6.03. The first kappa shape index (κ1) is 24.1. The van der Waals surface area contributed by atoms with Gasteiger partial charge in [-0.15, -0.1) is 0 Å². The first-order valence-corrected chi connectivity index (χ1v) is 9.78. The topological polar surface area (TPSA) is 56.1 Å². The molecule has 1 aromatic heterocycles. The first-order chi connectivity index (χ1) is 15.4. The molecule has 2 aromatic carbocycles. The molecule has 0 aliphatic carbocycles. The van der Waals surface area contributed by atoms with Gasteiger partial charge in [-0.2, -0.15) is 31.4 Å². The number of benzene rings is 2. The van der Waals surface area contributed by atoms with Crippen LogP contribution in [0, 0.1) is 0 Å².